The molecule has 16 heavy (non-hydrogen) atoms. The number of nitrogens with zero attached hydrogens (tertiary/aromatic N) is 1. The van der Waals surface area contributed by atoms with E-state index >= 15 is 0 Å². The Morgan fingerprint density at radius 1 is 1.19 bits per heavy atom. The van der Waals surface area contributed by atoms with E-state index in [9.17, 15) is 9.90 Å². The van der Waals surface area contributed by atoms with Crippen LogP contribution in [0.3, 0.4) is 0 Å². The van der Waals surface area contributed by atoms with E-state index in [1.807, 2.05) is 4.90 Å². The number of nitrogens with one attached hydrogen (secondary N) is 1. The highest BCUT2D eigenvalue weighted by molar-refractivity contribution is 5.74. The summed E-state index contributed by atoms with van der Waals surface area (Å²) in [6.07, 6.45) is 5.72. The van der Waals surface area contributed by atoms with E-state index in [0.717, 1.165) is 45.3 Å². The Balaban J connectivity index is 1.71. The van der Waals surface area contributed by atoms with Crippen molar-refractivity contribution in [3.8, 4) is 0 Å². The maximum absolute atomic E-state index is 11.7. The van der Waals surface area contributed by atoms with Crippen molar-refractivity contribution >= 4 is 6.03 Å². The molecule has 0 spiro atoms. The topological polar surface area (TPSA) is 52.6 Å². The molecule has 4 nitrogen and oxygen atoms in total. The Kier molecular flexibility index (Phi) is 4.04. The van der Waals surface area contributed by atoms with Gasteiger partial charge in [0, 0.05) is 26.2 Å². The summed E-state index contributed by atoms with van der Waals surface area (Å²) in [5, 5.41) is 12.2. The molecular formula is C12H22N2O2. The fraction of sp³-hybridized carbons (Fsp3) is 0.917. The molecule has 4 heteroatoms. The second-order valence-corrected chi connectivity index (χ2v) is 5.01. The molecule has 2 unspecified atom stereocenters. The summed E-state index contributed by atoms with van der Waals surface area (Å²) in [5.74, 6) is 0.885. The normalized spacial score (nSPS) is 29.7. The van der Waals surface area contributed by atoms with E-state index in [-0.39, 0.29) is 12.6 Å². The number of carbonyl (C=O) groups is 1. The molecule has 0 aromatic carbocycles. The van der Waals surface area contributed by atoms with Crippen LogP contribution < -0.4 is 5.32 Å². The van der Waals surface area contributed by atoms with Crippen molar-refractivity contribution in [2.24, 2.45) is 11.8 Å². The van der Waals surface area contributed by atoms with Gasteiger partial charge in [0.1, 0.15) is 0 Å². The van der Waals surface area contributed by atoms with Crippen molar-refractivity contribution in [2.75, 3.05) is 26.2 Å². The van der Waals surface area contributed by atoms with E-state index in [1.165, 1.54) is 6.42 Å². The lowest BCUT2D eigenvalue weighted by Gasteiger charge is -2.21. The molecule has 0 aromatic rings. The number of aliphatic hydroxyl groups is 1. The molecule has 1 heterocycles. The first-order valence-electron chi connectivity index (χ1n) is 6.45. The van der Waals surface area contributed by atoms with Gasteiger partial charge in [0.2, 0.25) is 0 Å². The van der Waals surface area contributed by atoms with Gasteiger partial charge in [-0.15, -0.1) is 0 Å². The summed E-state index contributed by atoms with van der Waals surface area (Å²) in [4.78, 5) is 13.6. The Bertz CT molecular complexity index is 239. The van der Waals surface area contributed by atoms with Crippen molar-refractivity contribution in [2.45, 2.75) is 32.1 Å². The molecule has 2 N–H and O–H groups in total. The molecule has 0 bridgehead atoms. The molecule has 0 radical (unpaired) electrons. The van der Waals surface area contributed by atoms with Crippen LogP contribution in [0, 0.1) is 11.8 Å². The molecule has 1 aliphatic heterocycles. The van der Waals surface area contributed by atoms with Crippen molar-refractivity contribution < 1.29 is 9.90 Å². The molecule has 2 aliphatic rings. The van der Waals surface area contributed by atoms with Gasteiger partial charge in [0.05, 0.1) is 0 Å². The minimum Gasteiger partial charge on any atom is -0.396 e. The molecular weight excluding hydrogens is 204 g/mol. The number of hydrogen-bond acceptors (Lipinski definition) is 2. The number of urea groups is 1. The zero-order chi connectivity index (χ0) is 11.4. The maximum atomic E-state index is 11.7. The SMILES string of the molecule is O=C(NCC1CCCC1CO)N1CCCC1. The fourth-order valence-corrected chi connectivity index (χ4v) is 2.87. The number of aliphatic hydroxyl groups excluding tert-OH is 1. The molecule has 92 valence electrons. The average Bonchev–Trinajstić information content (AvgIpc) is 2.96. The third-order valence-electron chi connectivity index (χ3n) is 3.96. The molecule has 1 aliphatic carbocycles. The monoisotopic (exact) mass is 226 g/mol. The van der Waals surface area contributed by atoms with E-state index < -0.39 is 0 Å². The van der Waals surface area contributed by atoms with Gasteiger partial charge in [-0.2, -0.15) is 0 Å². The van der Waals surface area contributed by atoms with Gasteiger partial charge in [0.25, 0.3) is 0 Å². The van der Waals surface area contributed by atoms with Gasteiger partial charge >= 0.3 is 6.03 Å². The van der Waals surface area contributed by atoms with Crippen LogP contribution in [0.1, 0.15) is 32.1 Å². The Hall–Kier alpha value is -0.770. The van der Waals surface area contributed by atoms with Gasteiger partial charge < -0.3 is 15.3 Å². The molecule has 2 fully saturated rings. The number of hydrogen-bond donors (Lipinski definition) is 2. The van der Waals surface area contributed by atoms with E-state index in [4.69, 9.17) is 0 Å². The molecule has 1 saturated carbocycles. The van der Waals surface area contributed by atoms with Gasteiger partial charge in [-0.25, -0.2) is 4.79 Å². The van der Waals surface area contributed by atoms with Crippen molar-refractivity contribution in [1.82, 2.24) is 10.2 Å². The minimum atomic E-state index is 0.0843. The number of carbonyl (C=O) groups excluding carboxylic acids is 1. The van der Waals surface area contributed by atoms with Crippen LogP contribution in [0.2, 0.25) is 0 Å². The molecule has 2 atom stereocenters. The molecule has 2 rings (SSSR count). The largest absolute Gasteiger partial charge is 0.396 e. The van der Waals surface area contributed by atoms with Gasteiger partial charge in [0.15, 0.2) is 0 Å². The summed E-state index contributed by atoms with van der Waals surface area (Å²) in [5.41, 5.74) is 0. The zero-order valence-corrected chi connectivity index (χ0v) is 9.82. The third-order valence-corrected chi connectivity index (χ3v) is 3.96. The number of rotatable bonds is 3. The standard InChI is InChI=1S/C12H22N2O2/c15-9-11-5-3-4-10(11)8-13-12(16)14-6-1-2-7-14/h10-11,15H,1-9H2,(H,13,16). The summed E-state index contributed by atoms with van der Waals surface area (Å²) < 4.78 is 0. The van der Waals surface area contributed by atoms with Crippen molar-refractivity contribution in [3.63, 3.8) is 0 Å². The van der Waals surface area contributed by atoms with Gasteiger partial charge in [-0.05, 0) is 37.5 Å². The van der Waals surface area contributed by atoms with Crippen molar-refractivity contribution in [3.05, 3.63) is 0 Å². The first-order chi connectivity index (χ1) is 7.81. The van der Waals surface area contributed by atoms with Crippen molar-refractivity contribution in [1.29, 1.82) is 0 Å². The highest BCUT2D eigenvalue weighted by Crippen LogP contribution is 2.30. The van der Waals surface area contributed by atoms with Crippen LogP contribution >= 0.6 is 0 Å². The lowest BCUT2D eigenvalue weighted by molar-refractivity contribution is 0.183. The Morgan fingerprint density at radius 2 is 1.88 bits per heavy atom. The Morgan fingerprint density at radius 3 is 2.56 bits per heavy atom. The summed E-state index contributed by atoms with van der Waals surface area (Å²) in [6.45, 7) is 2.81. The highest BCUT2D eigenvalue weighted by atomic mass is 16.3. The average molecular weight is 226 g/mol. The van der Waals surface area contributed by atoms with Crippen LogP contribution in [-0.2, 0) is 0 Å². The number of amides is 2. The first kappa shape index (κ1) is 11.7. The predicted octanol–water partition coefficient (Wildman–Crippen LogP) is 1.20. The van der Waals surface area contributed by atoms with Crippen LogP contribution in [0.25, 0.3) is 0 Å². The van der Waals surface area contributed by atoms with Crippen LogP contribution in [-0.4, -0.2) is 42.3 Å². The molecule has 0 aromatic heterocycles. The minimum absolute atomic E-state index is 0.0843. The van der Waals surface area contributed by atoms with Crippen LogP contribution in [0.4, 0.5) is 4.79 Å². The van der Waals surface area contributed by atoms with Crippen LogP contribution in [0.5, 0.6) is 0 Å². The maximum Gasteiger partial charge on any atom is 0.317 e. The predicted molar refractivity (Wildman–Crippen MR) is 62.1 cm³/mol. The summed E-state index contributed by atoms with van der Waals surface area (Å²) >= 11 is 0. The van der Waals surface area contributed by atoms with Gasteiger partial charge in [-0.1, -0.05) is 6.42 Å². The van der Waals surface area contributed by atoms with E-state index in [0.29, 0.717) is 11.8 Å². The Labute approximate surface area is 97.0 Å². The van der Waals surface area contributed by atoms with E-state index in [2.05, 4.69) is 5.32 Å². The summed E-state index contributed by atoms with van der Waals surface area (Å²) in [6, 6.07) is 0.0843. The summed E-state index contributed by atoms with van der Waals surface area (Å²) in [7, 11) is 0. The molecule has 2 amide bonds. The van der Waals surface area contributed by atoms with E-state index in [1.54, 1.807) is 0 Å². The molecule has 1 saturated heterocycles. The first-order valence-corrected chi connectivity index (χ1v) is 6.45. The smallest absolute Gasteiger partial charge is 0.317 e. The number of likely N-dealkylation sites (tertiary alicyclic amines) is 1. The van der Waals surface area contributed by atoms with Crippen LogP contribution in [0.15, 0.2) is 0 Å². The highest BCUT2D eigenvalue weighted by Gasteiger charge is 2.27. The quantitative estimate of drug-likeness (QED) is 0.759. The zero-order valence-electron chi connectivity index (χ0n) is 9.82. The second kappa shape index (κ2) is 5.53. The second-order valence-electron chi connectivity index (χ2n) is 5.01. The lowest BCUT2D eigenvalue weighted by Crippen LogP contribution is -2.40. The fourth-order valence-electron chi connectivity index (χ4n) is 2.87. The lowest BCUT2D eigenvalue weighted by atomic mass is 9.97. The van der Waals surface area contributed by atoms with Gasteiger partial charge in [-0.3, -0.25) is 0 Å². The third kappa shape index (κ3) is 2.67.